The normalized spacial score (nSPS) is 10.2. The Morgan fingerprint density at radius 1 is 1.53 bits per heavy atom. The fourth-order valence-electron chi connectivity index (χ4n) is 0.911. The predicted molar refractivity (Wildman–Crippen MR) is 55.3 cm³/mol. The molecule has 0 fully saturated rings. The largest absolute Gasteiger partial charge is 0.298 e. The maximum Gasteiger partial charge on any atom is 0.266 e. The van der Waals surface area contributed by atoms with Crippen molar-refractivity contribution in [2.24, 2.45) is 0 Å². The van der Waals surface area contributed by atoms with Gasteiger partial charge in [-0.3, -0.25) is 19.9 Å². The van der Waals surface area contributed by atoms with Gasteiger partial charge in [0.15, 0.2) is 6.29 Å². The molecule has 1 aromatic rings. The lowest BCUT2D eigenvalue weighted by molar-refractivity contribution is -0.118. The molecule has 0 saturated heterocycles. The fourth-order valence-corrected chi connectivity index (χ4v) is 0.911. The summed E-state index contributed by atoms with van der Waals surface area (Å²) in [5.74, 6) is -0.613. The zero-order valence-electron chi connectivity index (χ0n) is 7.81. The van der Waals surface area contributed by atoms with Gasteiger partial charge in [-0.15, -0.1) is 0 Å². The number of nitrogens with zero attached hydrogens (tertiary/aromatic N) is 1. The van der Waals surface area contributed by atoms with Crippen LogP contribution in [0.5, 0.6) is 0 Å². The highest BCUT2D eigenvalue weighted by Gasteiger charge is 2.06. The molecule has 0 bridgehead atoms. The van der Waals surface area contributed by atoms with Gasteiger partial charge in [0.05, 0.1) is 11.3 Å². The first kappa shape index (κ1) is 10.7. The second-order valence-corrected chi connectivity index (χ2v) is 2.57. The SMILES string of the molecule is C#CNC(=O)C(C=O)=Cc1ccccn1. The number of carbonyl (C=O) groups is 2. The van der Waals surface area contributed by atoms with E-state index in [0.29, 0.717) is 12.0 Å². The Bertz CT molecular complexity index is 430. The number of pyridine rings is 1. The van der Waals surface area contributed by atoms with Crippen LogP contribution >= 0.6 is 0 Å². The summed E-state index contributed by atoms with van der Waals surface area (Å²) in [6.07, 6.45) is 8.23. The summed E-state index contributed by atoms with van der Waals surface area (Å²) in [5.41, 5.74) is 0.457. The van der Waals surface area contributed by atoms with Crippen molar-refractivity contribution < 1.29 is 9.59 Å². The summed E-state index contributed by atoms with van der Waals surface area (Å²) in [4.78, 5) is 25.7. The summed E-state index contributed by atoms with van der Waals surface area (Å²) in [7, 11) is 0. The van der Waals surface area contributed by atoms with Crippen LogP contribution < -0.4 is 5.32 Å². The van der Waals surface area contributed by atoms with Gasteiger partial charge in [0.25, 0.3) is 5.91 Å². The van der Waals surface area contributed by atoms with Crippen molar-refractivity contribution in [2.45, 2.75) is 0 Å². The molecule has 1 aromatic heterocycles. The molecule has 4 nitrogen and oxygen atoms in total. The molecule has 1 heterocycles. The molecule has 0 aromatic carbocycles. The van der Waals surface area contributed by atoms with E-state index in [9.17, 15) is 9.59 Å². The minimum Gasteiger partial charge on any atom is -0.298 e. The second-order valence-electron chi connectivity index (χ2n) is 2.57. The van der Waals surface area contributed by atoms with Crippen LogP contribution in [0.4, 0.5) is 0 Å². The zero-order valence-corrected chi connectivity index (χ0v) is 7.81. The first-order valence-corrected chi connectivity index (χ1v) is 4.12. The third kappa shape index (κ3) is 3.08. The van der Waals surface area contributed by atoms with Crippen LogP contribution in [0.15, 0.2) is 30.0 Å². The van der Waals surface area contributed by atoms with Crippen molar-refractivity contribution in [3.05, 3.63) is 35.7 Å². The van der Waals surface area contributed by atoms with E-state index in [2.05, 4.69) is 10.3 Å². The standard InChI is InChI=1S/C11H8N2O2/c1-2-12-11(15)9(8-14)7-10-5-3-4-6-13-10/h1,3-8H,(H,12,15). The van der Waals surface area contributed by atoms with Gasteiger partial charge in [0.1, 0.15) is 0 Å². The summed E-state index contributed by atoms with van der Waals surface area (Å²) in [6, 6.07) is 7.11. The summed E-state index contributed by atoms with van der Waals surface area (Å²) in [6.45, 7) is 0. The summed E-state index contributed by atoms with van der Waals surface area (Å²) < 4.78 is 0. The summed E-state index contributed by atoms with van der Waals surface area (Å²) in [5, 5.41) is 2.08. The molecule has 1 rings (SSSR count). The van der Waals surface area contributed by atoms with E-state index < -0.39 is 5.91 Å². The Hall–Kier alpha value is -2.41. The minimum absolute atomic E-state index is 0.0633. The van der Waals surface area contributed by atoms with Crippen molar-refractivity contribution in [1.29, 1.82) is 0 Å². The Kier molecular flexibility index (Phi) is 3.80. The van der Waals surface area contributed by atoms with Gasteiger partial charge in [-0.05, 0) is 18.2 Å². The molecule has 0 aliphatic carbocycles. The van der Waals surface area contributed by atoms with Gasteiger partial charge in [-0.1, -0.05) is 12.5 Å². The molecule has 4 heteroatoms. The molecule has 74 valence electrons. The van der Waals surface area contributed by atoms with Crippen LogP contribution in [0, 0.1) is 12.5 Å². The molecule has 0 atom stereocenters. The van der Waals surface area contributed by atoms with E-state index in [1.54, 1.807) is 24.4 Å². The lowest BCUT2D eigenvalue weighted by Crippen LogP contribution is -2.20. The third-order valence-electron chi connectivity index (χ3n) is 1.57. The molecule has 1 N–H and O–H groups in total. The first-order chi connectivity index (χ1) is 7.27. The monoisotopic (exact) mass is 200 g/mol. The smallest absolute Gasteiger partial charge is 0.266 e. The molecule has 0 aliphatic rings. The Balaban J connectivity index is 2.94. The van der Waals surface area contributed by atoms with Crippen LogP contribution in [0.2, 0.25) is 0 Å². The minimum atomic E-state index is -0.613. The highest BCUT2D eigenvalue weighted by molar-refractivity contribution is 6.14. The summed E-state index contributed by atoms with van der Waals surface area (Å²) >= 11 is 0. The van der Waals surface area contributed by atoms with Crippen LogP contribution in [-0.4, -0.2) is 17.2 Å². The third-order valence-corrected chi connectivity index (χ3v) is 1.57. The van der Waals surface area contributed by atoms with Gasteiger partial charge < -0.3 is 0 Å². The van der Waals surface area contributed by atoms with Gasteiger partial charge in [0.2, 0.25) is 0 Å². The molecule has 0 radical (unpaired) electrons. The number of hydrogen-bond acceptors (Lipinski definition) is 3. The Morgan fingerprint density at radius 2 is 2.33 bits per heavy atom. The van der Waals surface area contributed by atoms with Crippen molar-refractivity contribution >= 4 is 18.3 Å². The van der Waals surface area contributed by atoms with E-state index in [1.165, 1.54) is 6.08 Å². The molecule has 0 aliphatic heterocycles. The van der Waals surface area contributed by atoms with Crippen LogP contribution in [0.1, 0.15) is 5.69 Å². The van der Waals surface area contributed by atoms with E-state index in [1.807, 2.05) is 6.04 Å². The number of aromatic nitrogens is 1. The Labute approximate surface area is 87.0 Å². The molecular formula is C11H8N2O2. The average molecular weight is 200 g/mol. The quantitative estimate of drug-likeness (QED) is 0.191. The fraction of sp³-hybridized carbons (Fsp3) is 0. The second kappa shape index (κ2) is 5.35. The number of hydrogen-bond donors (Lipinski definition) is 1. The highest BCUT2D eigenvalue weighted by Crippen LogP contribution is 2.01. The molecule has 15 heavy (non-hydrogen) atoms. The van der Waals surface area contributed by atoms with Crippen LogP contribution in [0.3, 0.4) is 0 Å². The van der Waals surface area contributed by atoms with Gasteiger partial charge in [0, 0.05) is 12.2 Å². The molecule has 0 spiro atoms. The average Bonchev–Trinajstić information content (AvgIpc) is 2.27. The van der Waals surface area contributed by atoms with Crippen molar-refractivity contribution in [3.8, 4) is 12.5 Å². The number of rotatable bonds is 3. The van der Waals surface area contributed by atoms with Crippen molar-refractivity contribution in [1.82, 2.24) is 10.3 Å². The molecular weight excluding hydrogens is 192 g/mol. The lowest BCUT2D eigenvalue weighted by Gasteiger charge is -1.96. The number of aldehydes is 1. The molecule has 0 unspecified atom stereocenters. The van der Waals surface area contributed by atoms with Crippen molar-refractivity contribution in [3.63, 3.8) is 0 Å². The predicted octanol–water partition coefficient (Wildman–Crippen LogP) is 0.371. The maximum atomic E-state index is 11.2. The van der Waals surface area contributed by atoms with Crippen LogP contribution in [0.25, 0.3) is 6.08 Å². The topological polar surface area (TPSA) is 59.1 Å². The first-order valence-electron chi connectivity index (χ1n) is 4.12. The number of amides is 1. The van der Waals surface area contributed by atoms with E-state index in [-0.39, 0.29) is 5.57 Å². The van der Waals surface area contributed by atoms with E-state index in [0.717, 1.165) is 0 Å². The number of carbonyl (C=O) groups excluding carboxylic acids is 2. The van der Waals surface area contributed by atoms with Gasteiger partial charge in [-0.2, -0.15) is 0 Å². The highest BCUT2D eigenvalue weighted by atomic mass is 16.2. The Morgan fingerprint density at radius 3 is 2.87 bits per heavy atom. The van der Waals surface area contributed by atoms with Crippen LogP contribution in [-0.2, 0) is 9.59 Å². The molecule has 0 saturated carbocycles. The van der Waals surface area contributed by atoms with E-state index >= 15 is 0 Å². The van der Waals surface area contributed by atoms with Gasteiger partial charge >= 0.3 is 0 Å². The zero-order chi connectivity index (χ0) is 11.1. The number of nitrogens with one attached hydrogen (secondary N) is 1. The van der Waals surface area contributed by atoms with E-state index in [4.69, 9.17) is 6.42 Å². The molecule has 1 amide bonds. The lowest BCUT2D eigenvalue weighted by atomic mass is 10.2. The van der Waals surface area contributed by atoms with Crippen molar-refractivity contribution in [2.75, 3.05) is 0 Å². The number of terminal acetylenes is 1. The van der Waals surface area contributed by atoms with Gasteiger partial charge in [-0.25, -0.2) is 0 Å². The maximum absolute atomic E-state index is 11.2.